The predicted octanol–water partition coefficient (Wildman–Crippen LogP) is 3.26. The van der Waals surface area contributed by atoms with Gasteiger partial charge >= 0.3 is 0 Å². The first kappa shape index (κ1) is 14.9. The van der Waals surface area contributed by atoms with E-state index in [1.165, 1.54) is 37.8 Å². The van der Waals surface area contributed by atoms with E-state index in [4.69, 9.17) is 0 Å². The topological polar surface area (TPSA) is 35.5 Å². The lowest BCUT2D eigenvalue weighted by Crippen LogP contribution is -2.48. The van der Waals surface area contributed by atoms with Crippen LogP contribution in [0.1, 0.15) is 44.9 Å². The minimum Gasteiger partial charge on any atom is -0.389 e. The minimum absolute atomic E-state index is 0.405. The summed E-state index contributed by atoms with van der Waals surface area (Å²) in [6.07, 6.45) is 8.02. The Morgan fingerprint density at radius 2 is 1.71 bits per heavy atom. The lowest BCUT2D eigenvalue weighted by Gasteiger charge is -2.40. The molecule has 1 heterocycles. The van der Waals surface area contributed by atoms with Gasteiger partial charge in [-0.3, -0.25) is 0 Å². The fourth-order valence-electron chi connectivity index (χ4n) is 3.79. The van der Waals surface area contributed by atoms with Crippen LogP contribution in [0.3, 0.4) is 0 Å². The quantitative estimate of drug-likeness (QED) is 0.892. The van der Waals surface area contributed by atoms with Crippen LogP contribution in [0.5, 0.6) is 0 Å². The summed E-state index contributed by atoms with van der Waals surface area (Å²) in [7, 11) is 0. The van der Waals surface area contributed by atoms with E-state index in [2.05, 4.69) is 40.5 Å². The van der Waals surface area contributed by atoms with Crippen LogP contribution in [0.2, 0.25) is 0 Å². The van der Waals surface area contributed by atoms with E-state index in [1.54, 1.807) is 0 Å². The predicted molar refractivity (Wildman–Crippen MR) is 87.6 cm³/mol. The van der Waals surface area contributed by atoms with Gasteiger partial charge in [0.2, 0.25) is 0 Å². The maximum absolute atomic E-state index is 10.7. The summed E-state index contributed by atoms with van der Waals surface area (Å²) in [6.45, 7) is 3.09. The number of benzene rings is 1. The molecule has 1 saturated carbocycles. The molecular weight excluding hydrogens is 260 g/mol. The first-order valence-corrected chi connectivity index (χ1v) is 8.50. The molecule has 1 saturated heterocycles. The van der Waals surface area contributed by atoms with Crippen molar-refractivity contribution < 1.29 is 5.11 Å². The van der Waals surface area contributed by atoms with Gasteiger partial charge in [-0.25, -0.2) is 0 Å². The van der Waals surface area contributed by atoms with E-state index in [-0.39, 0.29) is 0 Å². The number of nitrogens with one attached hydrogen (secondary N) is 1. The number of rotatable bonds is 4. The van der Waals surface area contributed by atoms with Gasteiger partial charge in [0.15, 0.2) is 0 Å². The fourth-order valence-corrected chi connectivity index (χ4v) is 3.79. The van der Waals surface area contributed by atoms with Crippen LogP contribution in [0.4, 0.5) is 5.69 Å². The van der Waals surface area contributed by atoms with E-state index in [9.17, 15) is 5.11 Å². The fraction of sp³-hybridized carbons (Fsp3) is 0.667. The molecule has 0 radical (unpaired) electrons. The van der Waals surface area contributed by atoms with Crippen molar-refractivity contribution in [2.45, 2.75) is 56.6 Å². The van der Waals surface area contributed by atoms with E-state index < -0.39 is 5.60 Å². The number of nitrogens with zero attached hydrogens (tertiary/aromatic N) is 1. The summed E-state index contributed by atoms with van der Waals surface area (Å²) in [5, 5.41) is 14.3. The monoisotopic (exact) mass is 288 g/mol. The number of para-hydroxylation sites is 1. The molecule has 116 valence electrons. The molecule has 21 heavy (non-hydrogen) atoms. The molecule has 2 N–H and O–H groups in total. The summed E-state index contributed by atoms with van der Waals surface area (Å²) < 4.78 is 0. The van der Waals surface area contributed by atoms with Gasteiger partial charge in [0.25, 0.3) is 0 Å². The summed E-state index contributed by atoms with van der Waals surface area (Å²) in [4.78, 5) is 2.47. The van der Waals surface area contributed by atoms with Crippen LogP contribution in [0.15, 0.2) is 30.3 Å². The first-order chi connectivity index (χ1) is 10.2. The Balaban J connectivity index is 1.44. The molecule has 3 nitrogen and oxygen atoms in total. The SMILES string of the molecule is OC1(CN2CCC(Nc3ccccc3)CC2)CCCCC1. The van der Waals surface area contributed by atoms with Crippen LogP contribution in [-0.4, -0.2) is 41.3 Å². The van der Waals surface area contributed by atoms with Gasteiger partial charge < -0.3 is 15.3 Å². The average molecular weight is 288 g/mol. The molecule has 0 bridgehead atoms. The summed E-state index contributed by atoms with van der Waals surface area (Å²) in [6, 6.07) is 11.1. The second-order valence-corrected chi connectivity index (χ2v) is 6.85. The maximum Gasteiger partial charge on any atom is 0.0774 e. The highest BCUT2D eigenvalue weighted by Gasteiger charge is 2.32. The van der Waals surface area contributed by atoms with Crippen molar-refractivity contribution >= 4 is 5.69 Å². The summed E-state index contributed by atoms with van der Waals surface area (Å²) in [5.41, 5.74) is 0.819. The van der Waals surface area contributed by atoms with Crippen molar-refractivity contribution in [3.63, 3.8) is 0 Å². The molecule has 0 aromatic heterocycles. The zero-order valence-electron chi connectivity index (χ0n) is 12.9. The average Bonchev–Trinajstić information content (AvgIpc) is 2.51. The number of piperidine rings is 1. The van der Waals surface area contributed by atoms with E-state index in [0.717, 1.165) is 32.5 Å². The molecule has 2 aliphatic rings. The standard InChI is InChI=1S/C18H28N2O/c21-18(11-5-2-6-12-18)15-20-13-9-17(10-14-20)19-16-7-3-1-4-8-16/h1,3-4,7-8,17,19,21H,2,5-6,9-15H2. The summed E-state index contributed by atoms with van der Waals surface area (Å²) in [5.74, 6) is 0. The molecule has 3 rings (SSSR count). The van der Waals surface area contributed by atoms with Gasteiger partial charge in [-0.1, -0.05) is 37.5 Å². The van der Waals surface area contributed by atoms with Crippen molar-refractivity contribution in [2.75, 3.05) is 25.0 Å². The molecule has 0 spiro atoms. The Morgan fingerprint density at radius 1 is 1.05 bits per heavy atom. The number of aliphatic hydroxyl groups is 1. The van der Waals surface area contributed by atoms with E-state index >= 15 is 0 Å². The lowest BCUT2D eigenvalue weighted by molar-refractivity contribution is -0.0302. The molecule has 0 atom stereocenters. The van der Waals surface area contributed by atoms with Crippen molar-refractivity contribution in [1.29, 1.82) is 0 Å². The van der Waals surface area contributed by atoms with Crippen LogP contribution < -0.4 is 5.32 Å². The van der Waals surface area contributed by atoms with Crippen molar-refractivity contribution in [3.8, 4) is 0 Å². The van der Waals surface area contributed by atoms with Gasteiger partial charge in [0.1, 0.15) is 0 Å². The first-order valence-electron chi connectivity index (χ1n) is 8.50. The van der Waals surface area contributed by atoms with Crippen molar-refractivity contribution in [2.24, 2.45) is 0 Å². The Morgan fingerprint density at radius 3 is 2.38 bits per heavy atom. The third kappa shape index (κ3) is 4.21. The van der Waals surface area contributed by atoms with Gasteiger partial charge in [-0.15, -0.1) is 0 Å². The smallest absolute Gasteiger partial charge is 0.0774 e. The second-order valence-electron chi connectivity index (χ2n) is 6.85. The molecule has 0 amide bonds. The molecule has 1 aromatic carbocycles. The van der Waals surface area contributed by atoms with Gasteiger partial charge in [0, 0.05) is 31.4 Å². The van der Waals surface area contributed by atoms with Crippen LogP contribution in [0.25, 0.3) is 0 Å². The number of β-amino-alcohol motifs (C(OH)–C–C–N with tert-alkyl or cyclic N) is 1. The maximum atomic E-state index is 10.7. The Bertz CT molecular complexity index is 420. The number of anilines is 1. The molecule has 1 aromatic rings. The zero-order valence-corrected chi connectivity index (χ0v) is 12.9. The molecule has 3 heteroatoms. The lowest BCUT2D eigenvalue weighted by atomic mass is 9.84. The third-order valence-electron chi connectivity index (χ3n) is 5.03. The Labute approximate surface area is 128 Å². The normalized spacial score (nSPS) is 23.9. The molecular formula is C18H28N2O. The van der Waals surface area contributed by atoms with Crippen LogP contribution >= 0.6 is 0 Å². The molecule has 1 aliphatic carbocycles. The van der Waals surface area contributed by atoms with Crippen molar-refractivity contribution in [3.05, 3.63) is 30.3 Å². The van der Waals surface area contributed by atoms with Gasteiger partial charge in [-0.2, -0.15) is 0 Å². The van der Waals surface area contributed by atoms with Gasteiger partial charge in [0.05, 0.1) is 5.60 Å². The van der Waals surface area contributed by atoms with E-state index in [1.807, 2.05) is 0 Å². The summed E-state index contributed by atoms with van der Waals surface area (Å²) >= 11 is 0. The van der Waals surface area contributed by atoms with Crippen molar-refractivity contribution in [1.82, 2.24) is 4.90 Å². The second kappa shape index (κ2) is 6.80. The Hall–Kier alpha value is -1.06. The molecule has 2 fully saturated rings. The molecule has 0 unspecified atom stereocenters. The highest BCUT2D eigenvalue weighted by Crippen LogP contribution is 2.29. The van der Waals surface area contributed by atoms with Gasteiger partial charge in [-0.05, 0) is 37.8 Å². The third-order valence-corrected chi connectivity index (χ3v) is 5.03. The van der Waals surface area contributed by atoms with E-state index in [0.29, 0.717) is 6.04 Å². The zero-order chi connectivity index (χ0) is 14.5. The number of hydrogen-bond acceptors (Lipinski definition) is 3. The minimum atomic E-state index is -0.405. The highest BCUT2D eigenvalue weighted by molar-refractivity contribution is 5.43. The number of hydrogen-bond donors (Lipinski definition) is 2. The van der Waals surface area contributed by atoms with Crippen LogP contribution in [-0.2, 0) is 0 Å². The number of likely N-dealkylation sites (tertiary alicyclic amines) is 1. The largest absolute Gasteiger partial charge is 0.389 e. The van der Waals surface area contributed by atoms with Crippen LogP contribution in [0, 0.1) is 0 Å². The Kier molecular flexibility index (Phi) is 4.81. The highest BCUT2D eigenvalue weighted by atomic mass is 16.3. The molecule has 1 aliphatic heterocycles.